The molecule has 7 heteroatoms. The van der Waals surface area contributed by atoms with E-state index in [1.807, 2.05) is 0 Å². The Morgan fingerprint density at radius 1 is 1.29 bits per heavy atom. The first-order valence-corrected chi connectivity index (χ1v) is 6.85. The number of halogens is 4. The largest absolute Gasteiger partial charge is 0.488 e. The van der Waals surface area contributed by atoms with E-state index in [1.165, 1.54) is 24.3 Å². The van der Waals surface area contributed by atoms with E-state index in [2.05, 4.69) is 15.9 Å². The summed E-state index contributed by atoms with van der Waals surface area (Å²) in [6, 6.07) is 6.29. The number of benzene rings is 2. The summed E-state index contributed by atoms with van der Waals surface area (Å²) < 4.78 is 32.7. The molecule has 21 heavy (non-hydrogen) atoms. The minimum atomic E-state index is -1.25. The summed E-state index contributed by atoms with van der Waals surface area (Å²) >= 11 is 8.65. The minimum Gasteiger partial charge on any atom is -0.488 e. The third-order valence-corrected chi connectivity index (χ3v) is 3.53. The number of carbonyl (C=O) groups is 1. The normalized spacial score (nSPS) is 10.5. The van der Waals surface area contributed by atoms with Gasteiger partial charge in [-0.15, -0.1) is 0 Å². The van der Waals surface area contributed by atoms with Crippen LogP contribution in [0.2, 0.25) is 5.02 Å². The predicted molar refractivity (Wildman–Crippen MR) is 76.8 cm³/mol. The van der Waals surface area contributed by atoms with Gasteiger partial charge >= 0.3 is 5.97 Å². The Morgan fingerprint density at radius 2 is 2.00 bits per heavy atom. The molecule has 0 saturated heterocycles. The Morgan fingerprint density at radius 3 is 2.67 bits per heavy atom. The third-order valence-electron chi connectivity index (χ3n) is 2.68. The highest BCUT2D eigenvalue weighted by Crippen LogP contribution is 2.26. The van der Waals surface area contributed by atoms with Gasteiger partial charge in [0, 0.05) is 5.02 Å². The van der Waals surface area contributed by atoms with Gasteiger partial charge in [-0.1, -0.05) is 11.6 Å². The molecule has 0 bridgehead atoms. The summed E-state index contributed by atoms with van der Waals surface area (Å²) in [4.78, 5) is 11.1. The van der Waals surface area contributed by atoms with E-state index in [-0.39, 0.29) is 26.4 Å². The molecule has 0 spiro atoms. The molecule has 0 aliphatic rings. The smallest absolute Gasteiger partial charge is 0.339 e. The molecule has 110 valence electrons. The van der Waals surface area contributed by atoms with Crippen molar-refractivity contribution in [1.29, 1.82) is 0 Å². The van der Waals surface area contributed by atoms with Gasteiger partial charge in [0.15, 0.2) is 0 Å². The number of rotatable bonds is 4. The summed E-state index contributed by atoms with van der Waals surface area (Å²) in [5.74, 6) is -2.84. The lowest BCUT2D eigenvalue weighted by Crippen LogP contribution is -2.06. The zero-order valence-corrected chi connectivity index (χ0v) is 12.7. The molecule has 0 atom stereocenters. The van der Waals surface area contributed by atoms with Crippen molar-refractivity contribution in [3.63, 3.8) is 0 Å². The molecule has 0 amide bonds. The summed E-state index contributed by atoms with van der Waals surface area (Å²) in [5, 5.41) is 9.27. The molecule has 2 aromatic rings. The average molecular weight is 378 g/mol. The van der Waals surface area contributed by atoms with Gasteiger partial charge in [0.2, 0.25) is 0 Å². The van der Waals surface area contributed by atoms with Gasteiger partial charge < -0.3 is 9.84 Å². The molecule has 0 saturated carbocycles. The van der Waals surface area contributed by atoms with Crippen LogP contribution in [0.15, 0.2) is 34.8 Å². The van der Waals surface area contributed by atoms with Crippen LogP contribution in [0.5, 0.6) is 5.75 Å². The second kappa shape index (κ2) is 6.41. The number of carboxylic acids is 1. The highest BCUT2D eigenvalue weighted by Gasteiger charge is 2.16. The Bertz CT molecular complexity index is 707. The maximum atomic E-state index is 13.8. The van der Waals surface area contributed by atoms with Crippen LogP contribution in [-0.4, -0.2) is 11.1 Å². The van der Waals surface area contributed by atoms with Crippen molar-refractivity contribution in [2.45, 2.75) is 6.61 Å². The summed E-state index contributed by atoms with van der Waals surface area (Å²) in [6.45, 7) is -0.445. The third kappa shape index (κ3) is 3.51. The zero-order chi connectivity index (χ0) is 15.6. The lowest BCUT2D eigenvalue weighted by Gasteiger charge is -2.11. The highest BCUT2D eigenvalue weighted by molar-refractivity contribution is 9.10. The maximum Gasteiger partial charge on any atom is 0.339 e. The van der Waals surface area contributed by atoms with E-state index in [4.69, 9.17) is 21.4 Å². The van der Waals surface area contributed by atoms with E-state index in [9.17, 15) is 13.6 Å². The second-order valence-corrected chi connectivity index (χ2v) is 5.35. The molecular weight excluding hydrogens is 370 g/mol. The monoisotopic (exact) mass is 376 g/mol. The van der Waals surface area contributed by atoms with Gasteiger partial charge in [-0.2, -0.15) is 0 Å². The fourth-order valence-corrected chi connectivity index (χ4v) is 2.19. The summed E-state index contributed by atoms with van der Waals surface area (Å²) in [5.41, 5.74) is -0.478. The Labute approximate surface area is 132 Å². The van der Waals surface area contributed by atoms with E-state index >= 15 is 0 Å². The number of aromatic carboxylic acids is 1. The molecule has 0 unspecified atom stereocenters. The molecular formula is C14H8BrClF2O3. The fraction of sp³-hybridized carbons (Fsp3) is 0.0714. The average Bonchev–Trinajstić information content (AvgIpc) is 2.44. The van der Waals surface area contributed by atoms with Crippen molar-refractivity contribution in [2.75, 3.05) is 0 Å². The van der Waals surface area contributed by atoms with Crippen LogP contribution < -0.4 is 4.74 Å². The SMILES string of the molecule is O=C(O)c1cc(Cl)ccc1OCc1c(F)ccc(Br)c1F. The van der Waals surface area contributed by atoms with Crippen LogP contribution in [-0.2, 0) is 6.61 Å². The molecule has 0 radical (unpaired) electrons. The lowest BCUT2D eigenvalue weighted by molar-refractivity contribution is 0.0691. The van der Waals surface area contributed by atoms with Crippen LogP contribution in [0.3, 0.4) is 0 Å². The predicted octanol–water partition coefficient (Wildman–Crippen LogP) is 4.66. The summed E-state index contributed by atoms with van der Waals surface area (Å²) in [6.07, 6.45) is 0. The van der Waals surface area contributed by atoms with Crippen molar-refractivity contribution in [2.24, 2.45) is 0 Å². The topological polar surface area (TPSA) is 46.5 Å². The maximum absolute atomic E-state index is 13.8. The first-order valence-electron chi connectivity index (χ1n) is 5.68. The van der Waals surface area contributed by atoms with E-state index in [1.54, 1.807) is 0 Å². The van der Waals surface area contributed by atoms with Crippen LogP contribution in [0, 0.1) is 11.6 Å². The summed E-state index contributed by atoms with van der Waals surface area (Å²) in [7, 11) is 0. The van der Waals surface area contributed by atoms with Crippen LogP contribution >= 0.6 is 27.5 Å². The minimum absolute atomic E-state index is 0.0225. The van der Waals surface area contributed by atoms with Gasteiger partial charge in [-0.3, -0.25) is 0 Å². The van der Waals surface area contributed by atoms with Gasteiger partial charge in [-0.25, -0.2) is 13.6 Å². The molecule has 0 aliphatic heterocycles. The number of hydrogen-bond acceptors (Lipinski definition) is 2. The molecule has 1 N–H and O–H groups in total. The van der Waals surface area contributed by atoms with Crippen molar-refractivity contribution >= 4 is 33.5 Å². The molecule has 2 aromatic carbocycles. The van der Waals surface area contributed by atoms with Crippen molar-refractivity contribution < 1.29 is 23.4 Å². The second-order valence-electron chi connectivity index (χ2n) is 4.06. The highest BCUT2D eigenvalue weighted by atomic mass is 79.9. The molecule has 0 fully saturated rings. The molecule has 0 aliphatic carbocycles. The van der Waals surface area contributed by atoms with Crippen LogP contribution in [0.25, 0.3) is 0 Å². The first-order chi connectivity index (χ1) is 9.90. The van der Waals surface area contributed by atoms with Crippen molar-refractivity contribution in [1.82, 2.24) is 0 Å². The van der Waals surface area contributed by atoms with Crippen LogP contribution in [0.4, 0.5) is 8.78 Å². The van der Waals surface area contributed by atoms with Gasteiger partial charge in [-0.05, 0) is 46.3 Å². The van der Waals surface area contributed by atoms with Gasteiger partial charge in [0.1, 0.15) is 29.6 Å². The van der Waals surface area contributed by atoms with Gasteiger partial charge in [0.25, 0.3) is 0 Å². The van der Waals surface area contributed by atoms with E-state index in [0.717, 1.165) is 6.07 Å². The molecule has 3 nitrogen and oxygen atoms in total. The van der Waals surface area contributed by atoms with Crippen molar-refractivity contribution in [3.8, 4) is 5.75 Å². The lowest BCUT2D eigenvalue weighted by atomic mass is 10.2. The molecule has 0 aromatic heterocycles. The van der Waals surface area contributed by atoms with E-state index < -0.39 is 24.2 Å². The standard InChI is InChI=1S/C14H8BrClF2O3/c15-10-2-3-11(17)9(13(10)18)6-21-12-4-1-7(16)5-8(12)14(19)20/h1-5H,6H2,(H,19,20). The Kier molecular flexibility index (Phi) is 4.80. The van der Waals surface area contributed by atoms with Crippen LogP contribution in [0.1, 0.15) is 15.9 Å². The number of hydrogen-bond donors (Lipinski definition) is 1. The quantitative estimate of drug-likeness (QED) is 0.789. The Balaban J connectivity index is 2.29. The number of carboxylic acid groups (broad SMARTS) is 1. The fourth-order valence-electron chi connectivity index (χ4n) is 1.65. The number of ether oxygens (including phenoxy) is 1. The first kappa shape index (κ1) is 15.7. The van der Waals surface area contributed by atoms with Crippen molar-refractivity contribution in [3.05, 3.63) is 62.6 Å². The zero-order valence-electron chi connectivity index (χ0n) is 10.4. The van der Waals surface area contributed by atoms with E-state index in [0.29, 0.717) is 0 Å². The van der Waals surface area contributed by atoms with Gasteiger partial charge in [0.05, 0.1) is 10.0 Å². The molecule has 2 rings (SSSR count). The molecule has 0 heterocycles. The Hall–Kier alpha value is -1.66.